The molecule has 0 aromatic carbocycles. The van der Waals surface area contributed by atoms with Crippen LogP contribution in [-0.4, -0.2) is 34.5 Å². The van der Waals surface area contributed by atoms with Gasteiger partial charge in [0.25, 0.3) is 0 Å². The molecule has 1 aliphatic carbocycles. The zero-order valence-electron chi connectivity index (χ0n) is 10.4. The van der Waals surface area contributed by atoms with Crippen LogP contribution in [-0.2, 0) is 0 Å². The lowest BCUT2D eigenvalue weighted by Gasteiger charge is -2.44. The predicted octanol–water partition coefficient (Wildman–Crippen LogP) is 1.15. The molecule has 4 atom stereocenters. The summed E-state index contributed by atoms with van der Waals surface area (Å²) in [6.07, 6.45) is 9.67. The van der Waals surface area contributed by atoms with Gasteiger partial charge in [-0.2, -0.15) is 0 Å². The van der Waals surface area contributed by atoms with E-state index in [1.807, 2.05) is 44.2 Å². The van der Waals surface area contributed by atoms with Gasteiger partial charge in [-0.15, -0.1) is 0 Å². The SMILES string of the molecule is C/C=C/C=C1\C=CC2NCC(CC)C(O)C12O. The second kappa shape index (κ2) is 4.77. The first-order chi connectivity index (χ1) is 8.14. The molecule has 0 amide bonds. The highest BCUT2D eigenvalue weighted by molar-refractivity contribution is 5.45. The Balaban J connectivity index is 2.32. The average Bonchev–Trinajstić information content (AvgIpc) is 2.66. The molecule has 4 unspecified atom stereocenters. The number of rotatable bonds is 2. The molecule has 94 valence electrons. The maximum atomic E-state index is 10.8. The largest absolute Gasteiger partial charge is 0.389 e. The summed E-state index contributed by atoms with van der Waals surface area (Å²) >= 11 is 0. The topological polar surface area (TPSA) is 52.5 Å². The van der Waals surface area contributed by atoms with Gasteiger partial charge >= 0.3 is 0 Å². The maximum absolute atomic E-state index is 10.8. The molecule has 3 N–H and O–H groups in total. The smallest absolute Gasteiger partial charge is 0.134 e. The summed E-state index contributed by atoms with van der Waals surface area (Å²) < 4.78 is 0. The van der Waals surface area contributed by atoms with E-state index < -0.39 is 11.7 Å². The second-order valence-corrected chi connectivity index (χ2v) is 4.83. The molecule has 0 radical (unpaired) electrons. The quantitative estimate of drug-likeness (QED) is 0.673. The lowest BCUT2D eigenvalue weighted by Crippen LogP contribution is -2.64. The van der Waals surface area contributed by atoms with Crippen molar-refractivity contribution in [2.75, 3.05) is 6.54 Å². The van der Waals surface area contributed by atoms with E-state index in [9.17, 15) is 10.2 Å². The minimum Gasteiger partial charge on any atom is -0.389 e. The van der Waals surface area contributed by atoms with Crippen LogP contribution < -0.4 is 5.32 Å². The Morgan fingerprint density at radius 3 is 3.00 bits per heavy atom. The lowest BCUT2D eigenvalue weighted by molar-refractivity contribution is -0.103. The summed E-state index contributed by atoms with van der Waals surface area (Å²) in [7, 11) is 0. The number of fused-ring (bicyclic) bond motifs is 1. The molecule has 2 rings (SSSR count). The van der Waals surface area contributed by atoms with Crippen LogP contribution >= 0.6 is 0 Å². The number of hydrogen-bond donors (Lipinski definition) is 3. The van der Waals surface area contributed by atoms with Crippen LogP contribution in [0.2, 0.25) is 0 Å². The highest BCUT2D eigenvalue weighted by Crippen LogP contribution is 2.39. The Hall–Kier alpha value is -0.900. The molecule has 0 aromatic heterocycles. The van der Waals surface area contributed by atoms with E-state index in [-0.39, 0.29) is 12.0 Å². The summed E-state index contributed by atoms with van der Waals surface area (Å²) in [5.41, 5.74) is -0.378. The summed E-state index contributed by atoms with van der Waals surface area (Å²) in [5.74, 6) is 0.102. The van der Waals surface area contributed by atoms with Gasteiger partial charge in [0, 0.05) is 12.5 Å². The summed E-state index contributed by atoms with van der Waals surface area (Å²) in [5, 5.41) is 24.5. The fourth-order valence-corrected chi connectivity index (χ4v) is 2.74. The van der Waals surface area contributed by atoms with E-state index in [0.29, 0.717) is 0 Å². The van der Waals surface area contributed by atoms with Crippen molar-refractivity contribution in [3.63, 3.8) is 0 Å². The van der Waals surface area contributed by atoms with Crippen molar-refractivity contribution >= 4 is 0 Å². The van der Waals surface area contributed by atoms with Gasteiger partial charge in [0.2, 0.25) is 0 Å². The van der Waals surface area contributed by atoms with Crippen LogP contribution in [0.4, 0.5) is 0 Å². The van der Waals surface area contributed by atoms with E-state index in [1.165, 1.54) is 0 Å². The van der Waals surface area contributed by atoms with E-state index >= 15 is 0 Å². The summed E-state index contributed by atoms with van der Waals surface area (Å²) in [6, 6.07) is -0.170. The minimum absolute atomic E-state index is 0.102. The fraction of sp³-hybridized carbons (Fsp3) is 0.571. The first-order valence-electron chi connectivity index (χ1n) is 6.30. The highest BCUT2D eigenvalue weighted by Gasteiger charge is 2.52. The third-order valence-corrected chi connectivity index (χ3v) is 3.89. The number of aliphatic hydroxyl groups excluding tert-OH is 1. The number of aliphatic hydroxyl groups is 2. The van der Waals surface area contributed by atoms with Crippen molar-refractivity contribution in [2.45, 2.75) is 38.0 Å². The standard InChI is InChI=1S/C14H21NO2/c1-3-5-6-11-7-8-12-14(11,17)13(16)10(4-2)9-15-12/h3,5-8,10,12-13,15-17H,4,9H2,1-2H3/b5-3+,11-6+. The molecule has 0 saturated carbocycles. The van der Waals surface area contributed by atoms with E-state index in [0.717, 1.165) is 18.5 Å². The van der Waals surface area contributed by atoms with Crippen molar-refractivity contribution in [2.24, 2.45) is 5.92 Å². The zero-order valence-corrected chi connectivity index (χ0v) is 10.4. The van der Waals surface area contributed by atoms with Gasteiger partial charge in [-0.3, -0.25) is 0 Å². The van der Waals surface area contributed by atoms with Crippen molar-refractivity contribution in [3.8, 4) is 0 Å². The van der Waals surface area contributed by atoms with Crippen molar-refractivity contribution in [1.82, 2.24) is 5.32 Å². The van der Waals surface area contributed by atoms with Gasteiger partial charge in [0.15, 0.2) is 0 Å². The first kappa shape index (κ1) is 12.6. The Morgan fingerprint density at radius 1 is 1.59 bits per heavy atom. The molecule has 0 bridgehead atoms. The normalized spacial score (nSPS) is 43.5. The second-order valence-electron chi connectivity index (χ2n) is 4.83. The molecule has 3 heteroatoms. The lowest BCUT2D eigenvalue weighted by atomic mass is 9.75. The Morgan fingerprint density at radius 2 is 2.35 bits per heavy atom. The molecule has 0 spiro atoms. The van der Waals surface area contributed by atoms with Gasteiger partial charge in [0.1, 0.15) is 5.60 Å². The third kappa shape index (κ3) is 1.88. The van der Waals surface area contributed by atoms with Crippen LogP contribution in [0.5, 0.6) is 0 Å². The molecule has 1 saturated heterocycles. The Labute approximate surface area is 103 Å². The zero-order chi connectivity index (χ0) is 12.5. The number of hydrogen-bond acceptors (Lipinski definition) is 3. The van der Waals surface area contributed by atoms with Gasteiger partial charge < -0.3 is 15.5 Å². The molecule has 1 aliphatic heterocycles. The predicted molar refractivity (Wildman–Crippen MR) is 68.6 cm³/mol. The molecule has 0 aromatic rings. The van der Waals surface area contributed by atoms with Gasteiger partial charge in [0.05, 0.1) is 12.1 Å². The van der Waals surface area contributed by atoms with Crippen molar-refractivity contribution in [1.29, 1.82) is 0 Å². The number of allylic oxidation sites excluding steroid dienone is 3. The molecule has 17 heavy (non-hydrogen) atoms. The molecular weight excluding hydrogens is 214 g/mol. The fourth-order valence-electron chi connectivity index (χ4n) is 2.74. The summed E-state index contributed by atoms with van der Waals surface area (Å²) in [6.45, 7) is 4.73. The summed E-state index contributed by atoms with van der Waals surface area (Å²) in [4.78, 5) is 0. The number of piperidine rings is 1. The van der Waals surface area contributed by atoms with Crippen LogP contribution in [0.15, 0.2) is 36.0 Å². The molecule has 1 fully saturated rings. The van der Waals surface area contributed by atoms with Crippen LogP contribution in [0, 0.1) is 5.92 Å². The molecular formula is C14H21NO2. The monoisotopic (exact) mass is 235 g/mol. The van der Waals surface area contributed by atoms with Crippen LogP contribution in [0.3, 0.4) is 0 Å². The first-order valence-corrected chi connectivity index (χ1v) is 6.30. The van der Waals surface area contributed by atoms with Gasteiger partial charge in [-0.05, 0) is 18.9 Å². The van der Waals surface area contributed by atoms with Crippen molar-refractivity contribution in [3.05, 3.63) is 36.0 Å². The molecule has 3 nitrogen and oxygen atoms in total. The van der Waals surface area contributed by atoms with E-state index in [2.05, 4.69) is 5.32 Å². The van der Waals surface area contributed by atoms with E-state index in [1.54, 1.807) is 0 Å². The number of nitrogens with one attached hydrogen (secondary N) is 1. The van der Waals surface area contributed by atoms with Crippen LogP contribution in [0.25, 0.3) is 0 Å². The molecule has 2 aliphatic rings. The van der Waals surface area contributed by atoms with Gasteiger partial charge in [-0.25, -0.2) is 0 Å². The highest BCUT2D eigenvalue weighted by atomic mass is 16.3. The maximum Gasteiger partial charge on any atom is 0.134 e. The van der Waals surface area contributed by atoms with Gasteiger partial charge in [-0.1, -0.05) is 37.3 Å². The van der Waals surface area contributed by atoms with Crippen molar-refractivity contribution < 1.29 is 10.2 Å². The Kier molecular flexibility index (Phi) is 3.52. The Bertz CT molecular complexity index is 372. The molecule has 1 heterocycles. The third-order valence-electron chi connectivity index (χ3n) is 3.89. The van der Waals surface area contributed by atoms with Crippen LogP contribution in [0.1, 0.15) is 20.3 Å². The van der Waals surface area contributed by atoms with E-state index in [4.69, 9.17) is 0 Å². The minimum atomic E-state index is -1.17. The average molecular weight is 235 g/mol.